The summed E-state index contributed by atoms with van der Waals surface area (Å²) >= 11 is 3.23. The molecule has 88 valence electrons. The summed E-state index contributed by atoms with van der Waals surface area (Å²) in [6.45, 7) is 1.68. The minimum Gasteiger partial charge on any atom is -0.506 e. The molecule has 1 aliphatic rings. The van der Waals surface area contributed by atoms with Crippen molar-refractivity contribution >= 4 is 15.9 Å². The predicted octanol–water partition coefficient (Wildman–Crippen LogP) is 3.33. The Morgan fingerprint density at radius 1 is 1.44 bits per heavy atom. The van der Waals surface area contributed by atoms with Crippen LogP contribution in [0.2, 0.25) is 0 Å². The van der Waals surface area contributed by atoms with Crippen LogP contribution in [0.4, 0.5) is 4.39 Å². The van der Waals surface area contributed by atoms with Gasteiger partial charge in [0, 0.05) is 5.54 Å². The van der Waals surface area contributed by atoms with Crippen LogP contribution in [-0.4, -0.2) is 5.11 Å². The Balaban J connectivity index is 2.63. The van der Waals surface area contributed by atoms with E-state index >= 15 is 0 Å². The van der Waals surface area contributed by atoms with Crippen molar-refractivity contribution in [2.45, 2.75) is 38.1 Å². The predicted molar refractivity (Wildman–Crippen MR) is 64.8 cm³/mol. The standard InChI is InChI=1S/C12H15BrFNO/c1-7-6-8(13)11(16)9(10(7)14)12(15)4-2-3-5-12/h6,16H,2-5,15H2,1H3. The molecule has 0 aromatic heterocycles. The molecule has 2 nitrogen and oxygen atoms in total. The largest absolute Gasteiger partial charge is 0.506 e. The van der Waals surface area contributed by atoms with Gasteiger partial charge in [-0.3, -0.25) is 0 Å². The van der Waals surface area contributed by atoms with E-state index in [1.165, 1.54) is 0 Å². The molecule has 0 unspecified atom stereocenters. The maximum Gasteiger partial charge on any atom is 0.137 e. The lowest BCUT2D eigenvalue weighted by molar-refractivity contribution is 0.385. The molecule has 0 aliphatic heterocycles. The van der Waals surface area contributed by atoms with Crippen molar-refractivity contribution in [3.05, 3.63) is 27.5 Å². The van der Waals surface area contributed by atoms with Gasteiger partial charge < -0.3 is 10.8 Å². The van der Waals surface area contributed by atoms with Gasteiger partial charge in [0.05, 0.1) is 10.0 Å². The van der Waals surface area contributed by atoms with E-state index in [-0.39, 0.29) is 17.1 Å². The maximum atomic E-state index is 14.1. The lowest BCUT2D eigenvalue weighted by Gasteiger charge is -2.26. The number of hydrogen-bond donors (Lipinski definition) is 2. The average Bonchev–Trinajstić information content (AvgIpc) is 2.63. The highest BCUT2D eigenvalue weighted by molar-refractivity contribution is 9.10. The molecule has 1 saturated carbocycles. The van der Waals surface area contributed by atoms with E-state index in [0.29, 0.717) is 10.0 Å². The molecule has 1 aromatic carbocycles. The van der Waals surface area contributed by atoms with E-state index in [2.05, 4.69) is 15.9 Å². The van der Waals surface area contributed by atoms with Gasteiger partial charge in [0.2, 0.25) is 0 Å². The molecule has 0 spiro atoms. The minimum atomic E-state index is -0.706. The molecule has 16 heavy (non-hydrogen) atoms. The molecule has 0 bridgehead atoms. The molecular weight excluding hydrogens is 273 g/mol. The molecule has 0 saturated heterocycles. The molecule has 0 heterocycles. The van der Waals surface area contributed by atoms with E-state index in [1.54, 1.807) is 13.0 Å². The molecule has 2 rings (SSSR count). The third-order valence-corrected chi connectivity index (χ3v) is 3.97. The number of rotatable bonds is 1. The monoisotopic (exact) mass is 287 g/mol. The maximum absolute atomic E-state index is 14.1. The number of halogens is 2. The van der Waals surface area contributed by atoms with Crippen molar-refractivity contribution in [2.75, 3.05) is 0 Å². The Bertz CT molecular complexity index is 401. The summed E-state index contributed by atoms with van der Waals surface area (Å²) in [5, 5.41) is 9.96. The molecule has 1 fully saturated rings. The summed E-state index contributed by atoms with van der Waals surface area (Å²) in [4.78, 5) is 0. The molecule has 0 amide bonds. The Kier molecular flexibility index (Phi) is 2.97. The first-order valence-corrected chi connectivity index (χ1v) is 6.22. The smallest absolute Gasteiger partial charge is 0.137 e. The van der Waals surface area contributed by atoms with Crippen LogP contribution in [-0.2, 0) is 5.54 Å². The highest BCUT2D eigenvalue weighted by Crippen LogP contribution is 2.44. The number of phenols is 1. The van der Waals surface area contributed by atoms with E-state index in [9.17, 15) is 9.50 Å². The fraction of sp³-hybridized carbons (Fsp3) is 0.500. The number of phenolic OH excluding ortho intramolecular Hbond substituents is 1. The van der Waals surface area contributed by atoms with Crippen LogP contribution in [0.1, 0.15) is 36.8 Å². The number of aryl methyl sites for hydroxylation is 1. The lowest BCUT2D eigenvalue weighted by atomic mass is 9.87. The van der Waals surface area contributed by atoms with Gasteiger partial charge in [-0.2, -0.15) is 0 Å². The van der Waals surface area contributed by atoms with Crippen LogP contribution in [0.3, 0.4) is 0 Å². The van der Waals surface area contributed by atoms with Crippen LogP contribution < -0.4 is 5.73 Å². The molecule has 1 aliphatic carbocycles. The number of nitrogens with two attached hydrogens (primary N) is 1. The summed E-state index contributed by atoms with van der Waals surface area (Å²) in [6, 6.07) is 1.58. The van der Waals surface area contributed by atoms with Crippen LogP contribution in [0.15, 0.2) is 10.5 Å². The first-order valence-electron chi connectivity index (χ1n) is 5.42. The Morgan fingerprint density at radius 3 is 2.56 bits per heavy atom. The summed E-state index contributed by atoms with van der Waals surface area (Å²) in [7, 11) is 0. The zero-order valence-corrected chi connectivity index (χ0v) is 10.8. The van der Waals surface area contributed by atoms with Gasteiger partial charge in [-0.25, -0.2) is 4.39 Å². The normalized spacial score (nSPS) is 19.0. The third kappa shape index (κ3) is 1.74. The lowest BCUT2D eigenvalue weighted by Crippen LogP contribution is -2.34. The van der Waals surface area contributed by atoms with Gasteiger partial charge in [-0.1, -0.05) is 12.8 Å². The number of benzene rings is 1. The highest BCUT2D eigenvalue weighted by Gasteiger charge is 2.37. The topological polar surface area (TPSA) is 46.2 Å². The summed E-state index contributed by atoms with van der Waals surface area (Å²) in [5.41, 5.74) is 6.28. The zero-order chi connectivity index (χ0) is 11.9. The van der Waals surface area contributed by atoms with Crippen molar-refractivity contribution in [3.63, 3.8) is 0 Å². The average molecular weight is 288 g/mol. The van der Waals surface area contributed by atoms with Gasteiger partial charge >= 0.3 is 0 Å². The molecule has 4 heteroatoms. The van der Waals surface area contributed by atoms with E-state index in [0.717, 1.165) is 25.7 Å². The Morgan fingerprint density at radius 2 is 2.00 bits per heavy atom. The molecule has 0 radical (unpaired) electrons. The SMILES string of the molecule is Cc1cc(Br)c(O)c(C2(N)CCCC2)c1F. The summed E-state index contributed by atoms with van der Waals surface area (Å²) < 4.78 is 14.6. The summed E-state index contributed by atoms with van der Waals surface area (Å²) in [5.74, 6) is -0.419. The molecule has 0 atom stereocenters. The molecule has 3 N–H and O–H groups in total. The van der Waals surface area contributed by atoms with Crippen LogP contribution in [0.5, 0.6) is 5.75 Å². The van der Waals surface area contributed by atoms with Gasteiger partial charge in [0.15, 0.2) is 0 Å². The zero-order valence-electron chi connectivity index (χ0n) is 9.19. The minimum absolute atomic E-state index is 0.0486. The van der Waals surface area contributed by atoms with Crippen LogP contribution >= 0.6 is 15.9 Å². The van der Waals surface area contributed by atoms with Crippen LogP contribution in [0.25, 0.3) is 0 Å². The second-order valence-corrected chi connectivity index (χ2v) is 5.43. The molecule has 1 aromatic rings. The number of aromatic hydroxyl groups is 1. The highest BCUT2D eigenvalue weighted by atomic mass is 79.9. The first-order chi connectivity index (χ1) is 7.46. The van der Waals surface area contributed by atoms with Crippen LogP contribution in [0, 0.1) is 12.7 Å². The van der Waals surface area contributed by atoms with E-state index in [1.807, 2.05) is 0 Å². The van der Waals surface area contributed by atoms with E-state index < -0.39 is 5.54 Å². The quantitative estimate of drug-likeness (QED) is 0.832. The fourth-order valence-corrected chi connectivity index (χ4v) is 2.99. The van der Waals surface area contributed by atoms with Gasteiger partial charge in [-0.15, -0.1) is 0 Å². The Labute approximate surface area is 103 Å². The second kappa shape index (κ2) is 4.00. The fourth-order valence-electron chi connectivity index (χ4n) is 2.45. The van der Waals surface area contributed by atoms with Gasteiger partial charge in [-0.05, 0) is 47.3 Å². The molecular formula is C12H15BrFNO. The first kappa shape index (κ1) is 11.9. The Hall–Kier alpha value is -0.610. The van der Waals surface area contributed by atoms with E-state index in [4.69, 9.17) is 5.73 Å². The number of hydrogen-bond acceptors (Lipinski definition) is 2. The van der Waals surface area contributed by atoms with Crippen molar-refractivity contribution in [1.82, 2.24) is 0 Å². The van der Waals surface area contributed by atoms with Gasteiger partial charge in [0.25, 0.3) is 0 Å². The summed E-state index contributed by atoms with van der Waals surface area (Å²) in [6.07, 6.45) is 3.43. The van der Waals surface area contributed by atoms with Crippen molar-refractivity contribution in [1.29, 1.82) is 0 Å². The van der Waals surface area contributed by atoms with Gasteiger partial charge in [0.1, 0.15) is 11.6 Å². The second-order valence-electron chi connectivity index (χ2n) is 4.58. The van der Waals surface area contributed by atoms with Crippen molar-refractivity contribution < 1.29 is 9.50 Å². The third-order valence-electron chi connectivity index (χ3n) is 3.37. The van der Waals surface area contributed by atoms with Crippen molar-refractivity contribution in [2.24, 2.45) is 5.73 Å². The van der Waals surface area contributed by atoms with Crippen molar-refractivity contribution in [3.8, 4) is 5.75 Å².